The van der Waals surface area contributed by atoms with Crippen LogP contribution < -0.4 is 11.3 Å². The van der Waals surface area contributed by atoms with Crippen molar-refractivity contribution in [1.82, 2.24) is 5.43 Å². The van der Waals surface area contributed by atoms with Crippen LogP contribution in [0.1, 0.15) is 30.4 Å². The first kappa shape index (κ1) is 16.1. The lowest BCUT2D eigenvalue weighted by Gasteiger charge is -2.15. The molecule has 1 unspecified atom stereocenters. The lowest BCUT2D eigenvalue weighted by Crippen LogP contribution is -2.35. The van der Waals surface area contributed by atoms with Gasteiger partial charge >= 0.3 is 0 Å². The maximum absolute atomic E-state index is 11.1. The van der Waals surface area contributed by atoms with Crippen LogP contribution in [0.4, 0.5) is 0 Å². The monoisotopic (exact) mass is 284 g/mol. The van der Waals surface area contributed by atoms with Crippen LogP contribution in [-0.2, 0) is 16.3 Å². The lowest BCUT2D eigenvalue weighted by atomic mass is 10.0. The summed E-state index contributed by atoms with van der Waals surface area (Å²) in [6.07, 6.45) is 4.58. The molecule has 108 valence electrons. The third-order valence-electron chi connectivity index (χ3n) is 3.17. The van der Waals surface area contributed by atoms with Gasteiger partial charge in [0.1, 0.15) is 9.84 Å². The van der Waals surface area contributed by atoms with Crippen molar-refractivity contribution in [2.24, 2.45) is 5.84 Å². The molecule has 0 aromatic heterocycles. The second-order valence-electron chi connectivity index (χ2n) is 5.16. The summed E-state index contributed by atoms with van der Waals surface area (Å²) >= 11 is 0. The minimum atomic E-state index is -2.87. The normalized spacial score (nSPS) is 13.4. The van der Waals surface area contributed by atoms with E-state index in [9.17, 15) is 8.42 Å². The van der Waals surface area contributed by atoms with Gasteiger partial charge in [0.25, 0.3) is 0 Å². The molecule has 0 amide bonds. The van der Waals surface area contributed by atoms with E-state index in [4.69, 9.17) is 5.84 Å². The molecule has 1 aromatic rings. The van der Waals surface area contributed by atoms with Crippen LogP contribution in [0.3, 0.4) is 0 Å². The third-order valence-corrected chi connectivity index (χ3v) is 4.20. The Bertz CT molecular complexity index is 486. The Balaban J connectivity index is 2.36. The summed E-state index contributed by atoms with van der Waals surface area (Å²) in [6.45, 7) is 2.08. The van der Waals surface area contributed by atoms with Gasteiger partial charge in [-0.15, -0.1) is 0 Å². The molecule has 0 heterocycles. The summed E-state index contributed by atoms with van der Waals surface area (Å²) < 4.78 is 22.1. The van der Waals surface area contributed by atoms with Crippen LogP contribution in [0.2, 0.25) is 0 Å². The van der Waals surface area contributed by atoms with Crippen LogP contribution in [0, 0.1) is 6.92 Å². The number of hydrazine groups is 1. The maximum atomic E-state index is 11.1. The topological polar surface area (TPSA) is 72.2 Å². The Morgan fingerprint density at radius 1 is 1.32 bits per heavy atom. The molecular weight excluding hydrogens is 260 g/mol. The predicted octanol–water partition coefficient (Wildman–Crippen LogP) is 1.58. The molecular formula is C14H24N2O2S. The minimum absolute atomic E-state index is 0.169. The fourth-order valence-corrected chi connectivity index (χ4v) is 2.80. The summed E-state index contributed by atoms with van der Waals surface area (Å²) in [4.78, 5) is 0. The van der Waals surface area contributed by atoms with E-state index in [-0.39, 0.29) is 11.8 Å². The van der Waals surface area contributed by atoms with Crippen molar-refractivity contribution in [3.63, 3.8) is 0 Å². The van der Waals surface area contributed by atoms with Gasteiger partial charge in [0.15, 0.2) is 0 Å². The maximum Gasteiger partial charge on any atom is 0.147 e. The Hall–Kier alpha value is -0.910. The Labute approximate surface area is 116 Å². The first-order chi connectivity index (χ1) is 8.90. The Morgan fingerprint density at radius 3 is 2.63 bits per heavy atom. The van der Waals surface area contributed by atoms with Gasteiger partial charge in [-0.05, 0) is 38.2 Å². The summed E-state index contributed by atoms with van der Waals surface area (Å²) in [5.74, 6) is 5.75. The largest absolute Gasteiger partial charge is 0.271 e. The molecule has 0 aliphatic heterocycles. The van der Waals surface area contributed by atoms with Gasteiger partial charge in [-0.1, -0.05) is 29.8 Å². The van der Waals surface area contributed by atoms with Crippen molar-refractivity contribution in [3.05, 3.63) is 35.4 Å². The van der Waals surface area contributed by atoms with E-state index in [0.717, 1.165) is 19.3 Å². The smallest absolute Gasteiger partial charge is 0.147 e. The van der Waals surface area contributed by atoms with Crippen molar-refractivity contribution in [1.29, 1.82) is 0 Å². The SMILES string of the molecule is Cc1cccc(CCC(CCCS(C)(=O)=O)NN)c1. The van der Waals surface area contributed by atoms with Crippen LogP contribution in [0.25, 0.3) is 0 Å². The lowest BCUT2D eigenvalue weighted by molar-refractivity contribution is 0.459. The molecule has 0 fully saturated rings. The highest BCUT2D eigenvalue weighted by Crippen LogP contribution is 2.10. The van der Waals surface area contributed by atoms with E-state index >= 15 is 0 Å². The standard InChI is InChI=1S/C14H24N2O2S/c1-12-5-3-6-13(11-12)8-9-14(16-15)7-4-10-19(2,17)18/h3,5-6,11,14,16H,4,7-10,15H2,1-2H3. The zero-order valence-electron chi connectivity index (χ0n) is 11.7. The molecule has 0 saturated carbocycles. The van der Waals surface area contributed by atoms with Gasteiger partial charge in [-0.3, -0.25) is 11.3 Å². The number of benzene rings is 1. The number of aryl methyl sites for hydroxylation is 2. The number of nitrogens with one attached hydrogen (secondary N) is 1. The molecule has 0 radical (unpaired) electrons. The van der Waals surface area contributed by atoms with Crippen molar-refractivity contribution in [3.8, 4) is 0 Å². The third kappa shape index (κ3) is 7.30. The van der Waals surface area contributed by atoms with Crippen molar-refractivity contribution in [2.75, 3.05) is 12.0 Å². The molecule has 0 saturated heterocycles. The highest BCUT2D eigenvalue weighted by molar-refractivity contribution is 7.90. The molecule has 1 atom stereocenters. The Kier molecular flexibility index (Phi) is 6.48. The van der Waals surface area contributed by atoms with Crippen LogP contribution in [-0.4, -0.2) is 26.5 Å². The van der Waals surface area contributed by atoms with E-state index < -0.39 is 9.84 Å². The van der Waals surface area contributed by atoms with E-state index in [0.29, 0.717) is 6.42 Å². The fraction of sp³-hybridized carbons (Fsp3) is 0.571. The predicted molar refractivity (Wildman–Crippen MR) is 79.6 cm³/mol. The molecule has 0 aliphatic rings. The molecule has 1 aromatic carbocycles. The quantitative estimate of drug-likeness (QED) is 0.561. The first-order valence-electron chi connectivity index (χ1n) is 6.60. The molecule has 3 N–H and O–H groups in total. The van der Waals surface area contributed by atoms with E-state index in [2.05, 4.69) is 36.6 Å². The van der Waals surface area contributed by atoms with Crippen molar-refractivity contribution >= 4 is 9.84 Å². The highest BCUT2D eigenvalue weighted by atomic mass is 32.2. The van der Waals surface area contributed by atoms with Gasteiger partial charge < -0.3 is 0 Å². The number of hydrogen-bond donors (Lipinski definition) is 2. The number of hydrogen-bond acceptors (Lipinski definition) is 4. The fourth-order valence-electron chi connectivity index (χ4n) is 2.11. The van der Waals surface area contributed by atoms with Gasteiger partial charge in [0.2, 0.25) is 0 Å². The van der Waals surface area contributed by atoms with Crippen LogP contribution in [0.15, 0.2) is 24.3 Å². The van der Waals surface area contributed by atoms with E-state index in [1.54, 1.807) is 0 Å². The molecule has 4 nitrogen and oxygen atoms in total. The Morgan fingerprint density at radius 2 is 2.05 bits per heavy atom. The van der Waals surface area contributed by atoms with Crippen LogP contribution >= 0.6 is 0 Å². The zero-order chi connectivity index (χ0) is 14.3. The molecule has 19 heavy (non-hydrogen) atoms. The summed E-state index contributed by atoms with van der Waals surface area (Å²) in [5.41, 5.74) is 5.33. The van der Waals surface area contributed by atoms with Crippen molar-refractivity contribution in [2.45, 2.75) is 38.6 Å². The molecule has 0 spiro atoms. The van der Waals surface area contributed by atoms with Crippen LogP contribution in [0.5, 0.6) is 0 Å². The van der Waals surface area contributed by atoms with Crippen molar-refractivity contribution < 1.29 is 8.42 Å². The van der Waals surface area contributed by atoms with E-state index in [1.807, 2.05) is 0 Å². The molecule has 0 bridgehead atoms. The summed E-state index contributed by atoms with van der Waals surface area (Å²) in [7, 11) is -2.87. The average molecular weight is 284 g/mol. The minimum Gasteiger partial charge on any atom is -0.271 e. The highest BCUT2D eigenvalue weighted by Gasteiger charge is 2.09. The molecule has 5 heteroatoms. The summed E-state index contributed by atoms with van der Waals surface area (Å²) in [5, 5.41) is 0. The van der Waals surface area contributed by atoms with Gasteiger partial charge in [0, 0.05) is 18.1 Å². The molecule has 1 rings (SSSR count). The number of sulfone groups is 1. The van der Waals surface area contributed by atoms with E-state index in [1.165, 1.54) is 17.4 Å². The summed E-state index contributed by atoms with van der Waals surface area (Å²) in [6, 6.07) is 8.58. The second-order valence-corrected chi connectivity index (χ2v) is 7.42. The average Bonchev–Trinajstić information content (AvgIpc) is 2.32. The number of nitrogens with two attached hydrogens (primary N) is 1. The van der Waals surface area contributed by atoms with Gasteiger partial charge in [-0.2, -0.15) is 0 Å². The zero-order valence-corrected chi connectivity index (χ0v) is 12.5. The number of rotatable bonds is 8. The second kappa shape index (κ2) is 7.62. The van der Waals surface area contributed by atoms with Gasteiger partial charge in [-0.25, -0.2) is 8.42 Å². The first-order valence-corrected chi connectivity index (χ1v) is 8.66. The molecule has 0 aliphatic carbocycles. The van der Waals surface area contributed by atoms with Gasteiger partial charge in [0.05, 0.1) is 0 Å².